The third-order valence-corrected chi connectivity index (χ3v) is 4.32. The molecule has 2 aromatic rings. The van der Waals surface area contributed by atoms with Crippen LogP contribution in [0.15, 0.2) is 42.5 Å². The number of nitrogens with one attached hydrogen (secondary N) is 1. The zero-order valence-electron chi connectivity index (χ0n) is 15.0. The van der Waals surface area contributed by atoms with Gasteiger partial charge in [-0.25, -0.2) is 9.18 Å². The summed E-state index contributed by atoms with van der Waals surface area (Å²) in [6.07, 6.45) is 2.12. The number of ether oxygens (including phenoxy) is 3. The molecule has 3 rings (SSSR count). The zero-order chi connectivity index (χ0) is 19.9. The number of anilines is 1. The quantitative estimate of drug-likeness (QED) is 0.706. The normalized spacial score (nSPS) is 15.9. The molecule has 148 valence electrons. The van der Waals surface area contributed by atoms with Gasteiger partial charge in [0.05, 0.1) is 17.4 Å². The van der Waals surface area contributed by atoms with Gasteiger partial charge in [-0.15, -0.1) is 0 Å². The fourth-order valence-electron chi connectivity index (χ4n) is 2.65. The van der Waals surface area contributed by atoms with E-state index in [0.717, 1.165) is 25.5 Å². The molecule has 6 nitrogen and oxygen atoms in total. The third-order valence-electron chi connectivity index (χ3n) is 4.09. The number of amides is 1. The Bertz CT molecular complexity index is 837. The summed E-state index contributed by atoms with van der Waals surface area (Å²) in [5, 5.41) is 2.58. The Morgan fingerprint density at radius 1 is 1.21 bits per heavy atom. The van der Waals surface area contributed by atoms with Crippen molar-refractivity contribution in [2.24, 2.45) is 0 Å². The molecule has 1 heterocycles. The number of carbonyl (C=O) groups is 2. The van der Waals surface area contributed by atoms with E-state index in [9.17, 15) is 14.0 Å². The fourth-order valence-corrected chi connectivity index (χ4v) is 2.82. The Kier molecular flexibility index (Phi) is 6.84. The predicted molar refractivity (Wildman–Crippen MR) is 101 cm³/mol. The average molecular weight is 408 g/mol. The van der Waals surface area contributed by atoms with Gasteiger partial charge in [0, 0.05) is 11.6 Å². The van der Waals surface area contributed by atoms with Crippen molar-refractivity contribution < 1.29 is 28.2 Å². The smallest absolute Gasteiger partial charge is 0.338 e. The van der Waals surface area contributed by atoms with Gasteiger partial charge in [0.1, 0.15) is 18.2 Å². The second kappa shape index (κ2) is 9.52. The number of benzene rings is 2. The highest BCUT2D eigenvalue weighted by Gasteiger charge is 2.16. The van der Waals surface area contributed by atoms with Crippen molar-refractivity contribution >= 4 is 29.2 Å². The standard InChI is InChI=1S/C20H19ClFNO5/c21-14-5-8-17(22)18(10-14)23-19(24)12-28-20(25)13-3-6-15(7-4-13)27-11-16-2-1-9-26-16/h3-8,10,16H,1-2,9,11-12H2,(H,23,24)/t16-/m1/s1. The maximum absolute atomic E-state index is 13.6. The minimum atomic E-state index is -0.675. The molecule has 2 aromatic carbocycles. The lowest BCUT2D eigenvalue weighted by Crippen LogP contribution is -2.21. The van der Waals surface area contributed by atoms with Crippen LogP contribution in [0.4, 0.5) is 10.1 Å². The topological polar surface area (TPSA) is 73.9 Å². The number of hydrogen-bond acceptors (Lipinski definition) is 5. The van der Waals surface area contributed by atoms with E-state index >= 15 is 0 Å². The van der Waals surface area contributed by atoms with Gasteiger partial charge in [-0.2, -0.15) is 0 Å². The van der Waals surface area contributed by atoms with E-state index in [1.54, 1.807) is 24.3 Å². The van der Waals surface area contributed by atoms with Crippen LogP contribution in [0, 0.1) is 5.82 Å². The Balaban J connectivity index is 1.46. The van der Waals surface area contributed by atoms with E-state index in [2.05, 4.69) is 5.32 Å². The Morgan fingerprint density at radius 3 is 2.71 bits per heavy atom. The van der Waals surface area contributed by atoms with Crippen LogP contribution in [-0.4, -0.2) is 37.8 Å². The van der Waals surface area contributed by atoms with E-state index in [1.807, 2.05) is 0 Å². The second-order valence-electron chi connectivity index (χ2n) is 6.22. The summed E-state index contributed by atoms with van der Waals surface area (Å²) in [6, 6.07) is 10.1. The Labute approximate surface area is 166 Å². The summed E-state index contributed by atoms with van der Waals surface area (Å²) in [4.78, 5) is 23.9. The van der Waals surface area contributed by atoms with Crippen LogP contribution >= 0.6 is 11.6 Å². The van der Waals surface area contributed by atoms with Crippen LogP contribution in [0.1, 0.15) is 23.2 Å². The van der Waals surface area contributed by atoms with Gasteiger partial charge in [0.15, 0.2) is 6.61 Å². The molecule has 0 spiro atoms. The number of carbonyl (C=O) groups excluding carboxylic acids is 2. The van der Waals surface area contributed by atoms with Crippen molar-refractivity contribution in [1.82, 2.24) is 0 Å². The SMILES string of the molecule is O=C(COC(=O)c1ccc(OC[C@H]2CCCO2)cc1)Nc1cc(Cl)ccc1F. The summed E-state index contributed by atoms with van der Waals surface area (Å²) in [5.41, 5.74) is 0.187. The monoisotopic (exact) mass is 407 g/mol. The van der Waals surface area contributed by atoms with Crippen LogP contribution in [0.3, 0.4) is 0 Å². The second-order valence-corrected chi connectivity index (χ2v) is 6.66. The van der Waals surface area contributed by atoms with Crippen molar-refractivity contribution in [3.63, 3.8) is 0 Å². The molecule has 0 saturated carbocycles. The van der Waals surface area contributed by atoms with Crippen molar-refractivity contribution in [3.05, 3.63) is 58.9 Å². The van der Waals surface area contributed by atoms with Gasteiger partial charge in [-0.1, -0.05) is 11.6 Å². The summed E-state index contributed by atoms with van der Waals surface area (Å²) in [6.45, 7) is 0.669. The Hall–Kier alpha value is -2.64. The zero-order valence-corrected chi connectivity index (χ0v) is 15.7. The third kappa shape index (κ3) is 5.68. The largest absolute Gasteiger partial charge is 0.491 e. The van der Waals surface area contributed by atoms with Gasteiger partial charge < -0.3 is 19.5 Å². The summed E-state index contributed by atoms with van der Waals surface area (Å²) < 4.78 is 29.6. The van der Waals surface area contributed by atoms with Crippen molar-refractivity contribution in [2.75, 3.05) is 25.1 Å². The molecule has 0 bridgehead atoms. The molecule has 0 aromatic heterocycles. The molecule has 8 heteroatoms. The molecule has 1 atom stereocenters. The summed E-state index contributed by atoms with van der Waals surface area (Å²) in [7, 11) is 0. The molecule has 1 aliphatic rings. The van der Waals surface area contributed by atoms with E-state index < -0.39 is 24.3 Å². The molecule has 0 aliphatic carbocycles. The first-order valence-corrected chi connectivity index (χ1v) is 9.15. The summed E-state index contributed by atoms with van der Waals surface area (Å²) in [5.74, 6) is -1.37. The molecule has 1 aliphatic heterocycles. The highest BCUT2D eigenvalue weighted by Crippen LogP contribution is 2.20. The number of hydrogen-bond donors (Lipinski definition) is 1. The molecule has 28 heavy (non-hydrogen) atoms. The van der Waals surface area contributed by atoms with Crippen molar-refractivity contribution in [3.8, 4) is 5.75 Å². The molecule has 1 fully saturated rings. The first-order valence-electron chi connectivity index (χ1n) is 8.78. The van der Waals surface area contributed by atoms with Crippen LogP contribution < -0.4 is 10.1 Å². The molecule has 1 saturated heterocycles. The predicted octanol–water partition coefficient (Wildman–Crippen LogP) is 3.83. The van der Waals surface area contributed by atoms with Gasteiger partial charge in [0.25, 0.3) is 5.91 Å². The van der Waals surface area contributed by atoms with E-state index in [-0.39, 0.29) is 22.4 Å². The molecule has 1 N–H and O–H groups in total. The highest BCUT2D eigenvalue weighted by molar-refractivity contribution is 6.30. The molecule has 0 unspecified atom stereocenters. The van der Waals surface area contributed by atoms with Crippen molar-refractivity contribution in [2.45, 2.75) is 18.9 Å². The molecule has 0 radical (unpaired) electrons. The van der Waals surface area contributed by atoms with Gasteiger partial charge in [0.2, 0.25) is 0 Å². The van der Waals surface area contributed by atoms with Crippen LogP contribution in [0.2, 0.25) is 5.02 Å². The average Bonchev–Trinajstić information content (AvgIpc) is 3.21. The maximum Gasteiger partial charge on any atom is 0.338 e. The number of rotatable bonds is 7. The lowest BCUT2D eigenvalue weighted by atomic mass is 10.2. The lowest BCUT2D eigenvalue weighted by Gasteiger charge is -2.11. The van der Waals surface area contributed by atoms with Crippen LogP contribution in [0.5, 0.6) is 5.75 Å². The molecular weight excluding hydrogens is 389 g/mol. The minimum Gasteiger partial charge on any atom is -0.491 e. The Morgan fingerprint density at radius 2 is 2.00 bits per heavy atom. The highest BCUT2D eigenvalue weighted by atomic mass is 35.5. The lowest BCUT2D eigenvalue weighted by molar-refractivity contribution is -0.119. The number of esters is 1. The van der Waals surface area contributed by atoms with E-state index in [1.165, 1.54) is 12.1 Å². The van der Waals surface area contributed by atoms with Gasteiger partial charge in [-0.05, 0) is 55.3 Å². The van der Waals surface area contributed by atoms with E-state index in [4.69, 9.17) is 25.8 Å². The van der Waals surface area contributed by atoms with Crippen molar-refractivity contribution in [1.29, 1.82) is 0 Å². The minimum absolute atomic E-state index is 0.0821. The first kappa shape index (κ1) is 20.1. The van der Waals surface area contributed by atoms with E-state index in [0.29, 0.717) is 12.4 Å². The summed E-state index contributed by atoms with van der Waals surface area (Å²) >= 11 is 5.76. The van der Waals surface area contributed by atoms with Crippen LogP contribution in [-0.2, 0) is 14.3 Å². The van der Waals surface area contributed by atoms with Gasteiger partial charge >= 0.3 is 5.97 Å². The maximum atomic E-state index is 13.6. The fraction of sp³-hybridized carbons (Fsp3) is 0.300. The van der Waals surface area contributed by atoms with Gasteiger partial charge in [-0.3, -0.25) is 4.79 Å². The first-order chi connectivity index (χ1) is 13.5. The molecular formula is C20H19ClFNO5. The number of halogens is 2. The molecule has 1 amide bonds. The van der Waals surface area contributed by atoms with Crippen LogP contribution in [0.25, 0.3) is 0 Å².